The van der Waals surface area contributed by atoms with Crippen molar-refractivity contribution in [1.82, 2.24) is 4.90 Å². The molecule has 0 bridgehead atoms. The van der Waals surface area contributed by atoms with Gasteiger partial charge in [-0.05, 0) is 32.9 Å². The van der Waals surface area contributed by atoms with Crippen molar-refractivity contribution < 1.29 is 23.5 Å². The number of ketones is 2. The van der Waals surface area contributed by atoms with Gasteiger partial charge in [-0.15, -0.1) is 0 Å². The summed E-state index contributed by atoms with van der Waals surface area (Å²) in [6, 6.07) is 3.11. The summed E-state index contributed by atoms with van der Waals surface area (Å²) < 4.78 is 10.3. The largest absolute Gasteiger partial charge is 0.461 e. The molecule has 1 amide bonds. The van der Waals surface area contributed by atoms with Gasteiger partial charge >= 0.3 is 6.09 Å². The van der Waals surface area contributed by atoms with Gasteiger partial charge in [0.2, 0.25) is 5.78 Å². The fourth-order valence-electron chi connectivity index (χ4n) is 2.14. The molecule has 1 aliphatic heterocycles. The van der Waals surface area contributed by atoms with E-state index in [1.807, 2.05) is 0 Å². The Morgan fingerprint density at radius 1 is 1.38 bits per heavy atom. The molecule has 6 heteroatoms. The van der Waals surface area contributed by atoms with Gasteiger partial charge < -0.3 is 14.1 Å². The van der Waals surface area contributed by atoms with Gasteiger partial charge in [-0.3, -0.25) is 9.59 Å². The fraction of sp³-hybridized carbons (Fsp3) is 0.533. The van der Waals surface area contributed by atoms with Crippen LogP contribution in [0.3, 0.4) is 0 Å². The minimum absolute atomic E-state index is 0.0350. The third-order valence-electron chi connectivity index (χ3n) is 3.15. The Labute approximate surface area is 123 Å². The zero-order chi connectivity index (χ0) is 15.6. The maximum atomic E-state index is 12.2. The third-order valence-corrected chi connectivity index (χ3v) is 3.15. The molecule has 1 aromatic heterocycles. The van der Waals surface area contributed by atoms with E-state index in [0.29, 0.717) is 0 Å². The van der Waals surface area contributed by atoms with Gasteiger partial charge in [0.15, 0.2) is 5.76 Å². The van der Waals surface area contributed by atoms with Crippen LogP contribution in [0.25, 0.3) is 0 Å². The number of carbonyl (C=O) groups is 3. The van der Waals surface area contributed by atoms with Crippen molar-refractivity contribution in [2.75, 3.05) is 13.1 Å². The highest BCUT2D eigenvalue weighted by molar-refractivity contribution is 6.10. The second-order valence-corrected chi connectivity index (χ2v) is 6.04. The molecular formula is C15H19NO5. The van der Waals surface area contributed by atoms with Crippen LogP contribution in [-0.4, -0.2) is 41.3 Å². The van der Waals surface area contributed by atoms with Crippen LogP contribution in [0, 0.1) is 5.92 Å². The van der Waals surface area contributed by atoms with Crippen LogP contribution in [0.4, 0.5) is 4.79 Å². The minimum Gasteiger partial charge on any atom is -0.461 e. The van der Waals surface area contributed by atoms with Gasteiger partial charge in [0.25, 0.3) is 0 Å². The quantitative estimate of drug-likeness (QED) is 0.617. The summed E-state index contributed by atoms with van der Waals surface area (Å²) in [6.45, 7) is 5.62. The number of piperidine rings is 1. The van der Waals surface area contributed by atoms with Gasteiger partial charge in [0.05, 0.1) is 6.26 Å². The van der Waals surface area contributed by atoms with Crippen LogP contribution >= 0.6 is 0 Å². The topological polar surface area (TPSA) is 76.8 Å². The average molecular weight is 293 g/mol. The van der Waals surface area contributed by atoms with Crippen LogP contribution in [-0.2, 0) is 9.53 Å². The number of amides is 1. The molecule has 0 radical (unpaired) electrons. The molecule has 0 spiro atoms. The van der Waals surface area contributed by atoms with E-state index in [4.69, 9.17) is 9.15 Å². The summed E-state index contributed by atoms with van der Waals surface area (Å²) in [5.41, 5.74) is -0.612. The number of likely N-dealkylation sites (tertiary alicyclic amines) is 1. The molecule has 0 N–H and O–H groups in total. The zero-order valence-electron chi connectivity index (χ0n) is 12.4. The summed E-state index contributed by atoms with van der Waals surface area (Å²) in [5.74, 6) is -1.30. The van der Waals surface area contributed by atoms with E-state index in [0.717, 1.165) is 0 Å². The summed E-state index contributed by atoms with van der Waals surface area (Å²) in [6.07, 6.45) is 1.02. The van der Waals surface area contributed by atoms with E-state index in [2.05, 4.69) is 0 Å². The first kappa shape index (κ1) is 15.3. The van der Waals surface area contributed by atoms with Crippen LogP contribution in [0.5, 0.6) is 0 Å². The van der Waals surface area contributed by atoms with Gasteiger partial charge in [-0.25, -0.2) is 4.79 Å². The molecule has 1 aromatic rings. The van der Waals surface area contributed by atoms with Crippen molar-refractivity contribution in [3.63, 3.8) is 0 Å². The van der Waals surface area contributed by atoms with Gasteiger partial charge in [-0.1, -0.05) is 0 Å². The van der Waals surface area contributed by atoms with Gasteiger partial charge in [0.1, 0.15) is 17.3 Å². The smallest absolute Gasteiger partial charge is 0.410 e. The van der Waals surface area contributed by atoms with Crippen molar-refractivity contribution in [3.8, 4) is 0 Å². The lowest BCUT2D eigenvalue weighted by molar-refractivity contribution is -0.124. The highest BCUT2D eigenvalue weighted by Gasteiger charge is 2.37. The highest BCUT2D eigenvalue weighted by Crippen LogP contribution is 2.20. The Balaban J connectivity index is 2.07. The molecule has 1 unspecified atom stereocenters. The molecule has 1 atom stereocenters. The summed E-state index contributed by atoms with van der Waals surface area (Å²) in [4.78, 5) is 37.6. The van der Waals surface area contributed by atoms with Crippen LogP contribution in [0.2, 0.25) is 0 Å². The zero-order valence-corrected chi connectivity index (χ0v) is 12.4. The maximum absolute atomic E-state index is 12.2. The van der Waals surface area contributed by atoms with Crippen molar-refractivity contribution in [3.05, 3.63) is 24.2 Å². The number of rotatable bonds is 2. The van der Waals surface area contributed by atoms with E-state index in [9.17, 15) is 14.4 Å². The van der Waals surface area contributed by atoms with E-state index in [1.165, 1.54) is 17.2 Å². The maximum Gasteiger partial charge on any atom is 0.410 e. The first-order valence-corrected chi connectivity index (χ1v) is 6.86. The molecule has 0 aromatic carbocycles. The second kappa shape index (κ2) is 5.71. The number of carbonyl (C=O) groups excluding carboxylic acids is 3. The van der Waals surface area contributed by atoms with Crippen LogP contribution in [0.1, 0.15) is 37.7 Å². The van der Waals surface area contributed by atoms with Crippen molar-refractivity contribution in [1.29, 1.82) is 0 Å². The minimum atomic E-state index is -0.877. The second-order valence-electron chi connectivity index (χ2n) is 6.04. The standard InChI is InChI=1S/C15H19NO5/c1-15(2,3)21-14(19)16-7-6-11(17)10(9-16)13(18)12-5-4-8-20-12/h4-5,8,10H,6-7,9H2,1-3H3. The lowest BCUT2D eigenvalue weighted by Crippen LogP contribution is -2.48. The average Bonchev–Trinajstić information content (AvgIpc) is 2.90. The molecule has 0 saturated carbocycles. The Bertz CT molecular complexity index is 541. The Morgan fingerprint density at radius 2 is 2.10 bits per heavy atom. The Hall–Kier alpha value is -2.11. The molecule has 6 nitrogen and oxygen atoms in total. The van der Waals surface area contributed by atoms with E-state index in [1.54, 1.807) is 26.8 Å². The predicted octanol–water partition coefficient (Wildman–Crippen LogP) is 2.29. The molecule has 114 valence electrons. The van der Waals surface area contributed by atoms with Crippen molar-refractivity contribution in [2.45, 2.75) is 32.8 Å². The van der Waals surface area contributed by atoms with Gasteiger partial charge in [0, 0.05) is 19.5 Å². The third kappa shape index (κ3) is 3.71. The molecule has 21 heavy (non-hydrogen) atoms. The first-order valence-electron chi connectivity index (χ1n) is 6.86. The number of furan rings is 1. The summed E-state index contributed by atoms with van der Waals surface area (Å²) in [5, 5.41) is 0. The molecule has 2 heterocycles. The number of hydrogen-bond donors (Lipinski definition) is 0. The lowest BCUT2D eigenvalue weighted by atomic mass is 9.91. The predicted molar refractivity (Wildman–Crippen MR) is 74.0 cm³/mol. The van der Waals surface area contributed by atoms with Gasteiger partial charge in [-0.2, -0.15) is 0 Å². The number of ether oxygens (including phenoxy) is 1. The van der Waals surface area contributed by atoms with Crippen molar-refractivity contribution >= 4 is 17.7 Å². The van der Waals surface area contributed by atoms with Crippen LogP contribution in [0.15, 0.2) is 22.8 Å². The lowest BCUT2D eigenvalue weighted by Gasteiger charge is -2.32. The highest BCUT2D eigenvalue weighted by atomic mass is 16.6. The van der Waals surface area contributed by atoms with Crippen LogP contribution < -0.4 is 0 Å². The molecule has 2 rings (SSSR count). The molecule has 1 saturated heterocycles. The number of nitrogens with zero attached hydrogens (tertiary/aromatic N) is 1. The normalized spacial score (nSPS) is 19.5. The summed E-state index contributed by atoms with van der Waals surface area (Å²) >= 11 is 0. The number of Topliss-reactive ketones (excluding diaryl/α,β-unsaturated/α-hetero) is 2. The van der Waals surface area contributed by atoms with E-state index >= 15 is 0 Å². The molecular weight excluding hydrogens is 274 g/mol. The first-order chi connectivity index (χ1) is 9.78. The van der Waals surface area contributed by atoms with Crippen molar-refractivity contribution in [2.24, 2.45) is 5.92 Å². The fourth-order valence-corrected chi connectivity index (χ4v) is 2.14. The Morgan fingerprint density at radius 3 is 2.67 bits per heavy atom. The monoisotopic (exact) mass is 293 g/mol. The Kier molecular flexibility index (Phi) is 4.16. The SMILES string of the molecule is CC(C)(C)OC(=O)N1CCC(=O)C(C(=O)c2ccco2)C1. The van der Waals surface area contributed by atoms with E-state index in [-0.39, 0.29) is 31.1 Å². The molecule has 1 fully saturated rings. The van der Waals surface area contributed by atoms with E-state index < -0.39 is 23.4 Å². The molecule has 0 aliphatic carbocycles. The molecule has 1 aliphatic rings. The number of hydrogen-bond acceptors (Lipinski definition) is 5. The summed E-state index contributed by atoms with van der Waals surface area (Å²) in [7, 11) is 0.